The SMILES string of the molecule is COc1ccc(NC(=O)C2CC(=O)N(c3ccccc3)C2)cc1NC(=O)c1ccc(Cl)cc1F. The number of methoxy groups -OCH3 is 1. The molecule has 3 aromatic rings. The van der Waals surface area contributed by atoms with E-state index in [1.165, 1.54) is 25.3 Å². The van der Waals surface area contributed by atoms with Gasteiger partial charge in [-0.2, -0.15) is 0 Å². The maximum atomic E-state index is 14.1. The first-order valence-electron chi connectivity index (χ1n) is 10.5. The Labute approximate surface area is 200 Å². The second kappa shape index (κ2) is 9.93. The number of anilines is 3. The number of ether oxygens (including phenoxy) is 1. The number of para-hydroxylation sites is 1. The Kier molecular flexibility index (Phi) is 6.79. The summed E-state index contributed by atoms with van der Waals surface area (Å²) in [7, 11) is 1.43. The maximum absolute atomic E-state index is 14.1. The lowest BCUT2D eigenvalue weighted by atomic mass is 10.1. The van der Waals surface area contributed by atoms with Crippen LogP contribution in [-0.4, -0.2) is 31.4 Å². The molecule has 0 aromatic heterocycles. The topological polar surface area (TPSA) is 87.7 Å². The fourth-order valence-corrected chi connectivity index (χ4v) is 3.89. The van der Waals surface area contributed by atoms with Crippen LogP contribution in [0.15, 0.2) is 66.7 Å². The van der Waals surface area contributed by atoms with Gasteiger partial charge in [0.15, 0.2) is 0 Å². The summed E-state index contributed by atoms with van der Waals surface area (Å²) in [6.45, 7) is 0.268. The van der Waals surface area contributed by atoms with Gasteiger partial charge in [-0.1, -0.05) is 29.8 Å². The van der Waals surface area contributed by atoms with E-state index in [1.807, 2.05) is 30.3 Å². The predicted octanol–water partition coefficient (Wildman–Crippen LogP) is 4.73. The summed E-state index contributed by atoms with van der Waals surface area (Å²) < 4.78 is 19.4. The molecule has 0 saturated carbocycles. The van der Waals surface area contributed by atoms with E-state index >= 15 is 0 Å². The Morgan fingerprint density at radius 3 is 2.53 bits per heavy atom. The lowest BCUT2D eigenvalue weighted by molar-refractivity contribution is -0.122. The minimum Gasteiger partial charge on any atom is -0.495 e. The Morgan fingerprint density at radius 2 is 1.82 bits per heavy atom. The maximum Gasteiger partial charge on any atom is 0.258 e. The summed E-state index contributed by atoms with van der Waals surface area (Å²) in [5, 5.41) is 5.55. The van der Waals surface area contributed by atoms with Gasteiger partial charge in [-0.15, -0.1) is 0 Å². The minimum absolute atomic E-state index is 0.0936. The Morgan fingerprint density at radius 1 is 1.06 bits per heavy atom. The Hall–Kier alpha value is -3.91. The van der Waals surface area contributed by atoms with Crippen molar-refractivity contribution in [3.8, 4) is 5.75 Å². The number of hydrogen-bond donors (Lipinski definition) is 2. The lowest BCUT2D eigenvalue weighted by Crippen LogP contribution is -2.28. The Balaban J connectivity index is 1.48. The van der Waals surface area contributed by atoms with Crippen LogP contribution in [-0.2, 0) is 9.59 Å². The largest absolute Gasteiger partial charge is 0.495 e. The van der Waals surface area contributed by atoms with Gasteiger partial charge < -0.3 is 20.3 Å². The molecule has 1 atom stereocenters. The molecular weight excluding hydrogens is 461 g/mol. The van der Waals surface area contributed by atoms with E-state index < -0.39 is 17.6 Å². The van der Waals surface area contributed by atoms with E-state index in [-0.39, 0.29) is 41.1 Å². The molecule has 34 heavy (non-hydrogen) atoms. The van der Waals surface area contributed by atoms with Gasteiger partial charge in [0.05, 0.1) is 24.3 Å². The first-order valence-corrected chi connectivity index (χ1v) is 10.8. The van der Waals surface area contributed by atoms with E-state index in [0.717, 1.165) is 11.8 Å². The van der Waals surface area contributed by atoms with E-state index in [4.69, 9.17) is 16.3 Å². The van der Waals surface area contributed by atoms with Crippen molar-refractivity contribution in [2.45, 2.75) is 6.42 Å². The lowest BCUT2D eigenvalue weighted by Gasteiger charge is -2.17. The van der Waals surface area contributed by atoms with E-state index in [1.54, 1.807) is 17.0 Å². The summed E-state index contributed by atoms with van der Waals surface area (Å²) in [6, 6.07) is 17.6. The molecule has 2 N–H and O–H groups in total. The van der Waals surface area contributed by atoms with Crippen molar-refractivity contribution >= 4 is 46.4 Å². The first kappa shape index (κ1) is 23.3. The van der Waals surface area contributed by atoms with Crippen molar-refractivity contribution in [2.75, 3.05) is 29.2 Å². The van der Waals surface area contributed by atoms with E-state index in [0.29, 0.717) is 11.4 Å². The fraction of sp³-hybridized carbons (Fsp3) is 0.160. The van der Waals surface area contributed by atoms with Gasteiger partial charge in [-0.05, 0) is 48.5 Å². The van der Waals surface area contributed by atoms with Crippen LogP contribution in [0.4, 0.5) is 21.5 Å². The van der Waals surface area contributed by atoms with Crippen molar-refractivity contribution in [3.05, 3.63) is 83.1 Å². The minimum atomic E-state index is -0.762. The van der Waals surface area contributed by atoms with Crippen molar-refractivity contribution in [1.29, 1.82) is 0 Å². The van der Waals surface area contributed by atoms with Crippen LogP contribution in [0.1, 0.15) is 16.8 Å². The number of benzene rings is 3. The highest BCUT2D eigenvalue weighted by Crippen LogP contribution is 2.30. The van der Waals surface area contributed by atoms with Crippen molar-refractivity contribution in [2.24, 2.45) is 5.92 Å². The average molecular weight is 482 g/mol. The summed E-state index contributed by atoms with van der Waals surface area (Å²) >= 11 is 5.75. The molecule has 0 aliphatic carbocycles. The first-order chi connectivity index (χ1) is 16.4. The summed E-state index contributed by atoms with van der Waals surface area (Å²) in [4.78, 5) is 39.5. The number of rotatable bonds is 6. The number of nitrogens with one attached hydrogen (secondary N) is 2. The van der Waals surface area contributed by atoms with Gasteiger partial charge in [0.2, 0.25) is 11.8 Å². The standard InChI is InChI=1S/C25H21ClFN3O4/c1-34-22-10-8-17(13-21(22)29-25(33)19-9-7-16(26)12-20(19)27)28-24(32)15-11-23(31)30(14-15)18-5-3-2-4-6-18/h2-10,12-13,15H,11,14H2,1H3,(H,28,32)(H,29,33). The smallest absolute Gasteiger partial charge is 0.258 e. The van der Waals surface area contributed by atoms with Crippen LogP contribution < -0.4 is 20.3 Å². The highest BCUT2D eigenvalue weighted by Gasteiger charge is 2.35. The quantitative estimate of drug-likeness (QED) is 0.532. The fourth-order valence-electron chi connectivity index (χ4n) is 3.73. The Bertz CT molecular complexity index is 1250. The molecule has 4 rings (SSSR count). The molecule has 3 aromatic carbocycles. The van der Waals surface area contributed by atoms with Crippen LogP contribution in [0.25, 0.3) is 0 Å². The highest BCUT2D eigenvalue weighted by molar-refractivity contribution is 6.30. The van der Waals surface area contributed by atoms with Crippen LogP contribution in [0.2, 0.25) is 5.02 Å². The van der Waals surface area contributed by atoms with Gasteiger partial charge >= 0.3 is 0 Å². The van der Waals surface area contributed by atoms with Crippen molar-refractivity contribution in [3.63, 3.8) is 0 Å². The third kappa shape index (κ3) is 5.02. The molecule has 1 heterocycles. The monoisotopic (exact) mass is 481 g/mol. The molecule has 9 heteroatoms. The molecule has 0 spiro atoms. The molecule has 1 aliphatic rings. The molecule has 7 nitrogen and oxygen atoms in total. The van der Waals surface area contributed by atoms with Crippen molar-refractivity contribution in [1.82, 2.24) is 0 Å². The normalized spacial score (nSPS) is 15.2. The molecule has 1 saturated heterocycles. The van der Waals surface area contributed by atoms with Gasteiger partial charge in [-0.3, -0.25) is 14.4 Å². The molecule has 0 bridgehead atoms. The second-order valence-corrected chi connectivity index (χ2v) is 8.16. The second-order valence-electron chi connectivity index (χ2n) is 7.72. The predicted molar refractivity (Wildman–Crippen MR) is 128 cm³/mol. The molecule has 3 amide bonds. The zero-order chi connectivity index (χ0) is 24.2. The van der Waals surface area contributed by atoms with Gasteiger partial charge in [-0.25, -0.2) is 4.39 Å². The number of amides is 3. The summed E-state index contributed by atoms with van der Waals surface area (Å²) in [5.41, 5.74) is 1.19. The van der Waals surface area contributed by atoms with E-state index in [2.05, 4.69) is 10.6 Å². The van der Waals surface area contributed by atoms with Gasteiger partial charge in [0.1, 0.15) is 11.6 Å². The third-order valence-electron chi connectivity index (χ3n) is 5.45. The summed E-state index contributed by atoms with van der Waals surface area (Å²) in [5.74, 6) is -2.11. The van der Waals surface area contributed by atoms with E-state index in [9.17, 15) is 18.8 Å². The molecule has 1 aliphatic heterocycles. The van der Waals surface area contributed by atoms with Crippen LogP contribution in [0, 0.1) is 11.7 Å². The summed E-state index contributed by atoms with van der Waals surface area (Å²) in [6.07, 6.45) is 0.0936. The van der Waals surface area contributed by atoms with Crippen LogP contribution >= 0.6 is 11.6 Å². The molecule has 1 unspecified atom stereocenters. The van der Waals surface area contributed by atoms with Gasteiger partial charge in [0, 0.05) is 29.4 Å². The molecular formula is C25H21ClFN3O4. The highest BCUT2D eigenvalue weighted by atomic mass is 35.5. The number of hydrogen-bond acceptors (Lipinski definition) is 4. The zero-order valence-corrected chi connectivity index (χ0v) is 18.9. The molecule has 1 fully saturated rings. The number of nitrogens with zero attached hydrogens (tertiary/aromatic N) is 1. The molecule has 174 valence electrons. The van der Waals surface area contributed by atoms with Gasteiger partial charge in [0.25, 0.3) is 5.91 Å². The average Bonchev–Trinajstić information content (AvgIpc) is 3.21. The van der Waals surface area contributed by atoms with Crippen LogP contribution in [0.5, 0.6) is 5.75 Å². The molecule has 0 radical (unpaired) electrons. The zero-order valence-electron chi connectivity index (χ0n) is 18.2. The third-order valence-corrected chi connectivity index (χ3v) is 5.69. The van der Waals surface area contributed by atoms with Crippen molar-refractivity contribution < 1.29 is 23.5 Å². The number of carbonyl (C=O) groups excluding carboxylic acids is 3. The van der Waals surface area contributed by atoms with Crippen LogP contribution in [0.3, 0.4) is 0 Å². The number of carbonyl (C=O) groups is 3. The number of halogens is 2.